The lowest BCUT2D eigenvalue weighted by Gasteiger charge is -2.27. The highest BCUT2D eigenvalue weighted by molar-refractivity contribution is 5.87. The van der Waals surface area contributed by atoms with Gasteiger partial charge in [-0.15, -0.1) is 0 Å². The molecule has 1 aromatic rings. The van der Waals surface area contributed by atoms with Crippen molar-refractivity contribution in [3.63, 3.8) is 0 Å². The monoisotopic (exact) mass is 310 g/mol. The summed E-state index contributed by atoms with van der Waals surface area (Å²) in [6.07, 6.45) is 0.259. The highest BCUT2D eigenvalue weighted by atomic mass is 16.6. The van der Waals surface area contributed by atoms with Crippen molar-refractivity contribution in [2.24, 2.45) is 0 Å². The molecular formula is C16H26N2O4. The molecule has 0 atom stereocenters. The van der Waals surface area contributed by atoms with Gasteiger partial charge < -0.3 is 19.8 Å². The summed E-state index contributed by atoms with van der Waals surface area (Å²) in [5.74, 6) is -0.647. The maximum absolute atomic E-state index is 11.9. The Morgan fingerprint density at radius 1 is 1.18 bits per heavy atom. The molecule has 0 bridgehead atoms. The van der Waals surface area contributed by atoms with Crippen molar-refractivity contribution in [3.8, 4) is 0 Å². The Balaban J connectivity index is 2.53. The van der Waals surface area contributed by atoms with E-state index in [4.69, 9.17) is 4.74 Å². The summed E-state index contributed by atoms with van der Waals surface area (Å²) in [6, 6.07) is 3.48. The van der Waals surface area contributed by atoms with Crippen LogP contribution < -0.4 is 5.32 Å². The summed E-state index contributed by atoms with van der Waals surface area (Å²) in [6.45, 7) is 9.91. The average molecular weight is 310 g/mol. The van der Waals surface area contributed by atoms with Crippen LogP contribution in [0.1, 0.15) is 57.2 Å². The summed E-state index contributed by atoms with van der Waals surface area (Å²) >= 11 is 0. The topological polar surface area (TPSA) is 80.4 Å². The summed E-state index contributed by atoms with van der Waals surface area (Å²) in [7, 11) is 1.34. The SMILES string of the molecule is COC(=O)c1ccc(CNC(C)(C)CC(=O)OC(C)(C)C)[nH]1. The van der Waals surface area contributed by atoms with Crippen LogP contribution in [-0.2, 0) is 20.8 Å². The lowest BCUT2D eigenvalue weighted by atomic mass is 10.0. The summed E-state index contributed by atoms with van der Waals surface area (Å²) in [5, 5.41) is 3.28. The fourth-order valence-corrected chi connectivity index (χ4v) is 1.91. The molecule has 6 nitrogen and oxygen atoms in total. The van der Waals surface area contributed by atoms with E-state index in [1.807, 2.05) is 40.7 Å². The van der Waals surface area contributed by atoms with Gasteiger partial charge >= 0.3 is 11.9 Å². The number of aromatic amines is 1. The van der Waals surface area contributed by atoms with Gasteiger partial charge in [0.05, 0.1) is 13.5 Å². The minimum atomic E-state index is -0.484. The fraction of sp³-hybridized carbons (Fsp3) is 0.625. The highest BCUT2D eigenvalue weighted by Crippen LogP contribution is 2.15. The van der Waals surface area contributed by atoms with Crippen LogP contribution in [0.5, 0.6) is 0 Å². The number of esters is 2. The second-order valence-corrected chi connectivity index (χ2v) is 6.89. The van der Waals surface area contributed by atoms with E-state index in [-0.39, 0.29) is 12.4 Å². The Kier molecular flexibility index (Phi) is 5.77. The van der Waals surface area contributed by atoms with Crippen molar-refractivity contribution in [2.75, 3.05) is 7.11 Å². The molecule has 2 N–H and O–H groups in total. The molecule has 0 amide bonds. The van der Waals surface area contributed by atoms with Gasteiger partial charge in [0.2, 0.25) is 0 Å². The smallest absolute Gasteiger partial charge is 0.354 e. The van der Waals surface area contributed by atoms with E-state index in [0.29, 0.717) is 12.2 Å². The van der Waals surface area contributed by atoms with E-state index in [1.165, 1.54) is 7.11 Å². The van der Waals surface area contributed by atoms with Gasteiger partial charge in [0.25, 0.3) is 0 Å². The predicted molar refractivity (Wildman–Crippen MR) is 83.5 cm³/mol. The number of nitrogens with one attached hydrogen (secondary N) is 2. The van der Waals surface area contributed by atoms with Gasteiger partial charge in [-0.1, -0.05) is 0 Å². The summed E-state index contributed by atoms with van der Waals surface area (Å²) < 4.78 is 9.97. The van der Waals surface area contributed by atoms with Crippen LogP contribution >= 0.6 is 0 Å². The molecule has 0 fully saturated rings. The second kappa shape index (κ2) is 6.96. The first kappa shape index (κ1) is 18.2. The molecule has 0 spiro atoms. The van der Waals surface area contributed by atoms with Gasteiger partial charge in [0.15, 0.2) is 0 Å². The van der Waals surface area contributed by atoms with E-state index in [0.717, 1.165) is 5.69 Å². The molecule has 1 rings (SSSR count). The van der Waals surface area contributed by atoms with Crippen LogP contribution in [0.2, 0.25) is 0 Å². The van der Waals surface area contributed by atoms with Gasteiger partial charge in [-0.25, -0.2) is 4.79 Å². The zero-order valence-corrected chi connectivity index (χ0v) is 14.2. The number of carbonyl (C=O) groups is 2. The predicted octanol–water partition coefficient (Wildman–Crippen LogP) is 2.40. The zero-order chi connectivity index (χ0) is 17.0. The molecule has 0 aromatic carbocycles. The van der Waals surface area contributed by atoms with Crippen LogP contribution in [0.25, 0.3) is 0 Å². The average Bonchev–Trinajstić information content (AvgIpc) is 2.81. The molecule has 0 aliphatic rings. The van der Waals surface area contributed by atoms with Crippen LogP contribution in [0, 0.1) is 0 Å². The van der Waals surface area contributed by atoms with Crippen LogP contribution in [0.3, 0.4) is 0 Å². The number of carbonyl (C=O) groups excluding carboxylic acids is 2. The van der Waals surface area contributed by atoms with E-state index in [2.05, 4.69) is 15.0 Å². The zero-order valence-electron chi connectivity index (χ0n) is 14.2. The summed E-state index contributed by atoms with van der Waals surface area (Å²) in [4.78, 5) is 26.2. The van der Waals surface area contributed by atoms with E-state index in [1.54, 1.807) is 6.07 Å². The number of methoxy groups -OCH3 is 1. The molecule has 0 unspecified atom stereocenters. The number of hydrogen-bond donors (Lipinski definition) is 2. The highest BCUT2D eigenvalue weighted by Gasteiger charge is 2.25. The molecule has 22 heavy (non-hydrogen) atoms. The van der Waals surface area contributed by atoms with Crippen molar-refractivity contribution in [3.05, 3.63) is 23.5 Å². The normalized spacial score (nSPS) is 12.1. The van der Waals surface area contributed by atoms with Gasteiger partial charge in [-0.2, -0.15) is 0 Å². The van der Waals surface area contributed by atoms with Crippen molar-refractivity contribution in [1.82, 2.24) is 10.3 Å². The van der Waals surface area contributed by atoms with Crippen LogP contribution in [0.15, 0.2) is 12.1 Å². The molecule has 0 saturated heterocycles. The largest absolute Gasteiger partial charge is 0.464 e. The molecule has 0 aliphatic carbocycles. The summed E-state index contributed by atoms with van der Waals surface area (Å²) in [5.41, 5.74) is 0.350. The lowest BCUT2D eigenvalue weighted by Crippen LogP contribution is -2.42. The van der Waals surface area contributed by atoms with Crippen LogP contribution in [-0.4, -0.2) is 35.2 Å². The Hall–Kier alpha value is -1.82. The number of hydrogen-bond acceptors (Lipinski definition) is 5. The van der Waals surface area contributed by atoms with Gasteiger partial charge in [0, 0.05) is 17.8 Å². The van der Waals surface area contributed by atoms with Crippen molar-refractivity contribution in [1.29, 1.82) is 0 Å². The third kappa shape index (κ3) is 6.30. The number of rotatable bonds is 6. The van der Waals surface area contributed by atoms with Gasteiger partial charge in [-0.05, 0) is 46.8 Å². The Morgan fingerprint density at radius 2 is 1.82 bits per heavy atom. The minimum Gasteiger partial charge on any atom is -0.464 e. The second-order valence-electron chi connectivity index (χ2n) is 6.89. The first-order valence-corrected chi connectivity index (χ1v) is 7.25. The third-order valence-corrected chi connectivity index (χ3v) is 2.92. The van der Waals surface area contributed by atoms with E-state index >= 15 is 0 Å². The molecule has 0 aliphatic heterocycles. The maximum atomic E-state index is 11.9. The molecule has 0 saturated carbocycles. The molecule has 0 radical (unpaired) electrons. The lowest BCUT2D eigenvalue weighted by molar-refractivity contribution is -0.156. The maximum Gasteiger partial charge on any atom is 0.354 e. The van der Waals surface area contributed by atoms with E-state index in [9.17, 15) is 9.59 Å². The Bertz CT molecular complexity index is 526. The first-order valence-electron chi connectivity index (χ1n) is 7.25. The number of H-pyrrole nitrogens is 1. The quantitative estimate of drug-likeness (QED) is 0.789. The Morgan fingerprint density at radius 3 is 2.36 bits per heavy atom. The van der Waals surface area contributed by atoms with E-state index < -0.39 is 17.1 Å². The molecule has 124 valence electrons. The standard InChI is InChI=1S/C16H26N2O4/c1-15(2,3)22-13(19)9-16(4,5)17-10-11-7-8-12(18-11)14(20)21-6/h7-8,17-18H,9-10H2,1-6H3. The Labute approximate surface area is 131 Å². The molecule has 1 heterocycles. The van der Waals surface area contributed by atoms with Crippen LogP contribution in [0.4, 0.5) is 0 Å². The fourth-order valence-electron chi connectivity index (χ4n) is 1.91. The molecule has 1 aromatic heterocycles. The number of ether oxygens (including phenoxy) is 2. The molecule has 6 heteroatoms. The minimum absolute atomic E-state index is 0.244. The molecular weight excluding hydrogens is 284 g/mol. The van der Waals surface area contributed by atoms with Crippen molar-refractivity contribution < 1.29 is 19.1 Å². The van der Waals surface area contributed by atoms with Gasteiger partial charge in [-0.3, -0.25) is 4.79 Å². The third-order valence-electron chi connectivity index (χ3n) is 2.92. The van der Waals surface area contributed by atoms with Crippen molar-refractivity contribution >= 4 is 11.9 Å². The first-order chi connectivity index (χ1) is 10.0. The number of aromatic nitrogens is 1. The van der Waals surface area contributed by atoms with Gasteiger partial charge in [0.1, 0.15) is 11.3 Å². The van der Waals surface area contributed by atoms with Crippen molar-refractivity contribution in [2.45, 2.75) is 58.7 Å².